The molecule has 1 aromatic rings. The van der Waals surface area contributed by atoms with Crippen LogP contribution >= 0.6 is 0 Å². The van der Waals surface area contributed by atoms with Gasteiger partial charge in [0.15, 0.2) is 5.78 Å². The normalized spacial score (nSPS) is 15.3. The molecular formula is C14H11N3O4. The Bertz CT molecular complexity index is 704. The van der Waals surface area contributed by atoms with Crippen molar-refractivity contribution in [2.45, 2.75) is 0 Å². The Hall–Kier alpha value is -3.06. The van der Waals surface area contributed by atoms with E-state index in [4.69, 9.17) is 5.84 Å². The molecule has 1 aliphatic carbocycles. The van der Waals surface area contributed by atoms with Crippen molar-refractivity contribution < 1.29 is 14.5 Å². The number of non-ortho nitro benzene ring substituents is 1. The smallest absolute Gasteiger partial charge is 0.272 e. The summed E-state index contributed by atoms with van der Waals surface area (Å²) in [7, 11) is 0. The fourth-order valence-corrected chi connectivity index (χ4v) is 1.70. The van der Waals surface area contributed by atoms with Crippen LogP contribution in [0, 0.1) is 10.1 Å². The lowest BCUT2D eigenvalue weighted by Gasteiger charge is -2.13. The maximum atomic E-state index is 12.1. The van der Waals surface area contributed by atoms with Gasteiger partial charge < -0.3 is 0 Å². The average molecular weight is 285 g/mol. The van der Waals surface area contributed by atoms with Crippen LogP contribution in [-0.4, -0.2) is 21.6 Å². The van der Waals surface area contributed by atoms with Gasteiger partial charge in [0.2, 0.25) is 0 Å². The average Bonchev–Trinajstić information content (AvgIpc) is 2.49. The van der Waals surface area contributed by atoms with E-state index in [9.17, 15) is 19.7 Å². The zero-order valence-corrected chi connectivity index (χ0v) is 10.8. The molecule has 2 rings (SSSR count). The fraction of sp³-hybridized carbons (Fsp3) is 0. The summed E-state index contributed by atoms with van der Waals surface area (Å²) in [5.74, 6) is 4.67. The number of amides is 1. The molecule has 0 radical (unpaired) electrons. The van der Waals surface area contributed by atoms with Gasteiger partial charge in [-0.3, -0.25) is 24.7 Å². The quantitative estimate of drug-likeness (QED) is 0.298. The van der Waals surface area contributed by atoms with E-state index in [1.54, 1.807) is 12.2 Å². The molecule has 0 saturated carbocycles. The van der Waals surface area contributed by atoms with Crippen molar-refractivity contribution in [1.82, 2.24) is 5.01 Å². The summed E-state index contributed by atoms with van der Waals surface area (Å²) in [6, 6.07) is 5.19. The third-order valence-corrected chi connectivity index (χ3v) is 2.74. The van der Waals surface area contributed by atoms with Gasteiger partial charge in [0.25, 0.3) is 11.6 Å². The molecule has 0 heterocycles. The van der Waals surface area contributed by atoms with Gasteiger partial charge in [-0.05, 0) is 18.2 Å². The first-order valence-corrected chi connectivity index (χ1v) is 5.92. The van der Waals surface area contributed by atoms with E-state index in [0.29, 0.717) is 0 Å². The van der Waals surface area contributed by atoms with Crippen molar-refractivity contribution in [2.75, 3.05) is 0 Å². The van der Waals surface area contributed by atoms with Gasteiger partial charge in [0, 0.05) is 29.5 Å². The summed E-state index contributed by atoms with van der Waals surface area (Å²) in [5.41, 5.74) is 0.101. The molecule has 0 unspecified atom stereocenters. The highest BCUT2D eigenvalue weighted by Crippen LogP contribution is 2.15. The topological polar surface area (TPSA) is 107 Å². The number of nitro groups is 1. The molecule has 0 fully saturated rings. The highest BCUT2D eigenvalue weighted by atomic mass is 16.6. The maximum Gasteiger partial charge on any atom is 0.272 e. The minimum atomic E-state index is -0.651. The Balaban J connectivity index is 2.24. The number of benzene rings is 1. The van der Waals surface area contributed by atoms with Gasteiger partial charge >= 0.3 is 0 Å². The van der Waals surface area contributed by atoms with Crippen LogP contribution in [0.1, 0.15) is 10.4 Å². The Morgan fingerprint density at radius 2 is 2.00 bits per heavy atom. The lowest BCUT2D eigenvalue weighted by atomic mass is 10.1. The van der Waals surface area contributed by atoms with Crippen molar-refractivity contribution >= 4 is 17.4 Å². The highest BCUT2D eigenvalue weighted by molar-refractivity contribution is 6.07. The van der Waals surface area contributed by atoms with Crippen LogP contribution in [0.3, 0.4) is 0 Å². The lowest BCUT2D eigenvalue weighted by molar-refractivity contribution is -0.384. The fourth-order valence-electron chi connectivity index (χ4n) is 1.70. The van der Waals surface area contributed by atoms with Gasteiger partial charge in [-0.2, -0.15) is 0 Å². The number of nitro benzene ring substituents is 1. The molecule has 7 heteroatoms. The Morgan fingerprint density at radius 1 is 1.29 bits per heavy atom. The molecule has 1 aliphatic rings. The second-order valence-electron chi connectivity index (χ2n) is 4.19. The number of hydrogen-bond acceptors (Lipinski definition) is 5. The predicted octanol–water partition coefficient (Wildman–Crippen LogP) is 1.49. The number of hydrazine groups is 1. The zero-order chi connectivity index (χ0) is 15.4. The molecule has 0 atom stereocenters. The molecule has 0 bridgehead atoms. The van der Waals surface area contributed by atoms with Crippen molar-refractivity contribution in [3.8, 4) is 0 Å². The number of nitrogens with zero attached hydrogens (tertiary/aromatic N) is 2. The Labute approximate surface area is 119 Å². The van der Waals surface area contributed by atoms with Gasteiger partial charge in [0.1, 0.15) is 0 Å². The van der Waals surface area contributed by atoms with Gasteiger partial charge in [0.05, 0.1) is 4.92 Å². The number of carbonyl (C=O) groups is 2. The van der Waals surface area contributed by atoms with E-state index >= 15 is 0 Å². The first-order chi connectivity index (χ1) is 9.99. The molecule has 0 spiro atoms. The van der Waals surface area contributed by atoms with E-state index in [1.165, 1.54) is 36.6 Å². The summed E-state index contributed by atoms with van der Waals surface area (Å²) in [4.78, 5) is 33.7. The third kappa shape index (κ3) is 3.28. The van der Waals surface area contributed by atoms with Crippen LogP contribution in [0.25, 0.3) is 0 Å². The first kappa shape index (κ1) is 14.4. The van der Waals surface area contributed by atoms with Gasteiger partial charge in [-0.15, -0.1) is 0 Å². The molecule has 7 nitrogen and oxygen atoms in total. The third-order valence-electron chi connectivity index (χ3n) is 2.74. The van der Waals surface area contributed by atoms with Crippen LogP contribution in [0.2, 0.25) is 0 Å². The first-order valence-electron chi connectivity index (χ1n) is 5.92. The Kier molecular flexibility index (Phi) is 4.05. The van der Waals surface area contributed by atoms with Gasteiger partial charge in [-0.25, -0.2) is 5.84 Å². The molecule has 2 N–H and O–H groups in total. The largest absolute Gasteiger partial charge is 0.289 e. The second-order valence-corrected chi connectivity index (χ2v) is 4.19. The van der Waals surface area contributed by atoms with E-state index in [0.717, 1.165) is 11.1 Å². The minimum Gasteiger partial charge on any atom is -0.289 e. The molecule has 1 amide bonds. The highest BCUT2D eigenvalue weighted by Gasteiger charge is 2.16. The van der Waals surface area contributed by atoms with E-state index in [-0.39, 0.29) is 22.6 Å². The summed E-state index contributed by atoms with van der Waals surface area (Å²) in [5, 5.41) is 11.4. The summed E-state index contributed by atoms with van der Waals surface area (Å²) in [6.07, 6.45) is 7.26. The van der Waals surface area contributed by atoms with Gasteiger partial charge in [-0.1, -0.05) is 18.2 Å². The van der Waals surface area contributed by atoms with E-state index in [1.807, 2.05) is 0 Å². The van der Waals surface area contributed by atoms with Crippen molar-refractivity contribution in [3.05, 3.63) is 76.0 Å². The van der Waals surface area contributed by atoms with Crippen molar-refractivity contribution in [2.24, 2.45) is 5.84 Å². The molecule has 0 aromatic heterocycles. The number of hydrogen-bond donors (Lipinski definition) is 1. The van der Waals surface area contributed by atoms with E-state index in [2.05, 4.69) is 0 Å². The molecule has 106 valence electrons. The van der Waals surface area contributed by atoms with Crippen molar-refractivity contribution in [3.63, 3.8) is 0 Å². The van der Waals surface area contributed by atoms with Crippen LogP contribution in [-0.2, 0) is 4.79 Å². The SMILES string of the molecule is NN(/C=C1/C=CC=CC1=O)C(=O)c1cccc([N+](=O)[O-])c1. The second kappa shape index (κ2) is 5.93. The predicted molar refractivity (Wildman–Crippen MR) is 74.8 cm³/mol. The van der Waals surface area contributed by atoms with Crippen LogP contribution in [0.5, 0.6) is 0 Å². The molecule has 21 heavy (non-hydrogen) atoms. The zero-order valence-electron chi connectivity index (χ0n) is 10.8. The lowest BCUT2D eigenvalue weighted by Crippen LogP contribution is -2.33. The van der Waals surface area contributed by atoms with Crippen LogP contribution < -0.4 is 5.84 Å². The molecular weight excluding hydrogens is 274 g/mol. The minimum absolute atomic E-state index is 0.0614. The summed E-state index contributed by atoms with van der Waals surface area (Å²) in [6.45, 7) is 0. The molecule has 1 aromatic carbocycles. The maximum absolute atomic E-state index is 12.1. The van der Waals surface area contributed by atoms with E-state index < -0.39 is 10.8 Å². The van der Waals surface area contributed by atoms with Crippen molar-refractivity contribution in [1.29, 1.82) is 0 Å². The molecule has 0 saturated heterocycles. The number of carbonyl (C=O) groups excluding carboxylic acids is 2. The monoisotopic (exact) mass is 285 g/mol. The number of ketones is 1. The molecule has 0 aliphatic heterocycles. The van der Waals surface area contributed by atoms with Crippen LogP contribution in [0.4, 0.5) is 5.69 Å². The standard InChI is InChI=1S/C14H11N3O4/c15-16(9-11-4-1-2-7-13(11)18)14(19)10-5-3-6-12(8-10)17(20)21/h1-9H,15H2/b11-9-. The number of allylic oxidation sites excluding steroid dienone is 5. The summed E-state index contributed by atoms with van der Waals surface area (Å²) < 4.78 is 0. The Morgan fingerprint density at radius 3 is 2.67 bits per heavy atom. The number of rotatable bonds is 3. The number of nitrogens with two attached hydrogens (primary N) is 1. The summed E-state index contributed by atoms with van der Waals surface area (Å²) >= 11 is 0. The van der Waals surface area contributed by atoms with Crippen LogP contribution in [0.15, 0.2) is 60.3 Å².